The summed E-state index contributed by atoms with van der Waals surface area (Å²) >= 11 is 8.87. The van der Waals surface area contributed by atoms with E-state index < -0.39 is 12.2 Å². The van der Waals surface area contributed by atoms with E-state index in [2.05, 4.69) is 15.9 Å². The molecule has 0 fully saturated rings. The molecule has 1 rings (SSSR count). The molecule has 0 aliphatic heterocycles. The van der Waals surface area contributed by atoms with Gasteiger partial charge in [0.2, 0.25) is 0 Å². The van der Waals surface area contributed by atoms with Gasteiger partial charge in [-0.3, -0.25) is 0 Å². The second-order valence-corrected chi connectivity index (χ2v) is 4.75. The molecule has 2 nitrogen and oxygen atoms in total. The molecule has 0 radical (unpaired) electrons. The summed E-state index contributed by atoms with van der Waals surface area (Å²) in [5, 5.41) is 19.5. The van der Waals surface area contributed by atoms with Gasteiger partial charge in [-0.1, -0.05) is 28.1 Å². The summed E-state index contributed by atoms with van der Waals surface area (Å²) < 4.78 is 0.809. The van der Waals surface area contributed by atoms with E-state index in [1.54, 1.807) is 0 Å². The van der Waals surface area contributed by atoms with Crippen molar-refractivity contribution in [1.29, 1.82) is 0 Å². The molecular formula is C11H14BrClO2. The first-order valence-electron chi connectivity index (χ1n) is 4.74. The molecule has 0 amide bonds. The van der Waals surface area contributed by atoms with Crippen LogP contribution < -0.4 is 0 Å². The van der Waals surface area contributed by atoms with Gasteiger partial charge >= 0.3 is 0 Å². The minimum atomic E-state index is -0.890. The van der Waals surface area contributed by atoms with Crippen molar-refractivity contribution >= 4 is 27.5 Å². The van der Waals surface area contributed by atoms with Crippen LogP contribution in [0.4, 0.5) is 0 Å². The van der Waals surface area contributed by atoms with E-state index in [1.165, 1.54) is 0 Å². The van der Waals surface area contributed by atoms with Crippen LogP contribution in [0.5, 0.6) is 0 Å². The lowest BCUT2D eigenvalue weighted by Crippen LogP contribution is -2.19. The van der Waals surface area contributed by atoms with Crippen LogP contribution in [0.1, 0.15) is 23.7 Å². The summed E-state index contributed by atoms with van der Waals surface area (Å²) in [5.74, 6) is 0.335. The Morgan fingerprint density at radius 3 is 2.60 bits per heavy atom. The predicted molar refractivity (Wildman–Crippen MR) is 65.2 cm³/mol. The molecule has 2 atom stereocenters. The molecule has 0 saturated heterocycles. The lowest BCUT2D eigenvalue weighted by atomic mass is 10.0. The first kappa shape index (κ1) is 13.0. The maximum Gasteiger partial charge on any atom is 0.106 e. The first-order valence-corrected chi connectivity index (χ1v) is 6.07. The number of hydrogen-bond donors (Lipinski definition) is 2. The van der Waals surface area contributed by atoms with Gasteiger partial charge in [0.05, 0.1) is 6.10 Å². The standard InChI is InChI=1S/C11H14BrClO2/c1-7-2-3-8(9(12)6-7)11(15)10(14)4-5-13/h2-3,6,10-11,14-15H,4-5H2,1H3. The molecule has 2 unspecified atom stereocenters. The van der Waals surface area contributed by atoms with E-state index in [-0.39, 0.29) is 0 Å². The number of alkyl halides is 1. The molecule has 0 aromatic heterocycles. The highest BCUT2D eigenvalue weighted by molar-refractivity contribution is 9.10. The summed E-state index contributed by atoms with van der Waals surface area (Å²) in [6.07, 6.45) is -1.33. The van der Waals surface area contributed by atoms with Crippen molar-refractivity contribution < 1.29 is 10.2 Å². The number of aliphatic hydroxyl groups excluding tert-OH is 2. The molecule has 84 valence electrons. The molecule has 0 aliphatic rings. The number of rotatable bonds is 4. The van der Waals surface area contributed by atoms with Crippen molar-refractivity contribution in [1.82, 2.24) is 0 Å². The minimum absolute atomic E-state index is 0.335. The lowest BCUT2D eigenvalue weighted by Gasteiger charge is -2.18. The number of hydrogen-bond acceptors (Lipinski definition) is 2. The second-order valence-electron chi connectivity index (χ2n) is 3.51. The summed E-state index contributed by atoms with van der Waals surface area (Å²) in [5.41, 5.74) is 1.79. The fraction of sp³-hybridized carbons (Fsp3) is 0.455. The highest BCUT2D eigenvalue weighted by Gasteiger charge is 2.19. The summed E-state index contributed by atoms with van der Waals surface area (Å²) in [4.78, 5) is 0. The van der Waals surface area contributed by atoms with E-state index in [0.29, 0.717) is 17.9 Å². The van der Waals surface area contributed by atoms with Gasteiger partial charge in [0.25, 0.3) is 0 Å². The van der Waals surface area contributed by atoms with Crippen molar-refractivity contribution in [3.63, 3.8) is 0 Å². The molecule has 15 heavy (non-hydrogen) atoms. The predicted octanol–water partition coefficient (Wildman–Crippen LogP) is 2.78. The Labute approximate surface area is 103 Å². The SMILES string of the molecule is Cc1ccc(C(O)C(O)CCCl)c(Br)c1. The zero-order valence-electron chi connectivity index (χ0n) is 8.45. The van der Waals surface area contributed by atoms with Gasteiger partial charge in [-0.25, -0.2) is 0 Å². The van der Waals surface area contributed by atoms with Crippen LogP contribution >= 0.6 is 27.5 Å². The van der Waals surface area contributed by atoms with E-state index in [4.69, 9.17) is 11.6 Å². The third-order valence-corrected chi connectivity index (χ3v) is 3.15. The molecule has 1 aromatic carbocycles. The van der Waals surface area contributed by atoms with Gasteiger partial charge in [-0.2, -0.15) is 0 Å². The highest BCUT2D eigenvalue weighted by Crippen LogP contribution is 2.27. The van der Waals surface area contributed by atoms with Crippen LogP contribution in [-0.4, -0.2) is 22.2 Å². The molecule has 0 spiro atoms. The first-order chi connectivity index (χ1) is 7.06. The summed E-state index contributed by atoms with van der Waals surface area (Å²) in [6.45, 7) is 1.97. The van der Waals surface area contributed by atoms with Gasteiger partial charge in [-0.15, -0.1) is 11.6 Å². The van der Waals surface area contributed by atoms with Gasteiger partial charge in [0.15, 0.2) is 0 Å². The quantitative estimate of drug-likeness (QED) is 0.838. The van der Waals surface area contributed by atoms with E-state index >= 15 is 0 Å². The molecule has 0 heterocycles. The zero-order valence-corrected chi connectivity index (χ0v) is 10.8. The fourth-order valence-corrected chi connectivity index (χ4v) is 2.30. The molecule has 0 bridgehead atoms. The van der Waals surface area contributed by atoms with Crippen LogP contribution in [0.3, 0.4) is 0 Å². The number of benzene rings is 1. The van der Waals surface area contributed by atoms with Crippen molar-refractivity contribution in [2.45, 2.75) is 25.6 Å². The van der Waals surface area contributed by atoms with E-state index in [1.807, 2.05) is 25.1 Å². The Bertz CT molecular complexity index is 330. The third-order valence-electron chi connectivity index (χ3n) is 2.24. The lowest BCUT2D eigenvalue weighted by molar-refractivity contribution is 0.0166. The van der Waals surface area contributed by atoms with Crippen molar-refractivity contribution in [2.75, 3.05) is 5.88 Å². The van der Waals surface area contributed by atoms with Gasteiger partial charge < -0.3 is 10.2 Å². The topological polar surface area (TPSA) is 40.5 Å². The maximum absolute atomic E-state index is 9.85. The number of halogens is 2. The minimum Gasteiger partial charge on any atom is -0.390 e. The second kappa shape index (κ2) is 5.85. The van der Waals surface area contributed by atoms with Crippen LogP contribution in [0.15, 0.2) is 22.7 Å². The average molecular weight is 294 g/mol. The Balaban J connectivity index is 2.86. The van der Waals surface area contributed by atoms with Crippen molar-refractivity contribution in [2.24, 2.45) is 0 Å². The molecule has 4 heteroatoms. The molecule has 1 aromatic rings. The van der Waals surface area contributed by atoms with Crippen LogP contribution in [-0.2, 0) is 0 Å². The van der Waals surface area contributed by atoms with Gasteiger partial charge in [0, 0.05) is 10.4 Å². The highest BCUT2D eigenvalue weighted by atomic mass is 79.9. The average Bonchev–Trinajstić information content (AvgIpc) is 2.17. The van der Waals surface area contributed by atoms with Gasteiger partial charge in [-0.05, 0) is 30.5 Å². The summed E-state index contributed by atoms with van der Waals surface area (Å²) in [6, 6.07) is 5.62. The largest absolute Gasteiger partial charge is 0.390 e. The van der Waals surface area contributed by atoms with Crippen LogP contribution in [0.2, 0.25) is 0 Å². The molecule has 0 saturated carbocycles. The molecule has 0 aliphatic carbocycles. The number of aryl methyl sites for hydroxylation is 1. The Hall–Kier alpha value is -0.0900. The van der Waals surface area contributed by atoms with E-state index in [0.717, 1.165) is 10.0 Å². The third kappa shape index (κ3) is 3.45. The maximum atomic E-state index is 9.85. The van der Waals surface area contributed by atoms with Crippen LogP contribution in [0, 0.1) is 6.92 Å². The molecule has 2 N–H and O–H groups in total. The Morgan fingerprint density at radius 2 is 2.07 bits per heavy atom. The molecular weight excluding hydrogens is 279 g/mol. The fourth-order valence-electron chi connectivity index (χ4n) is 1.35. The normalized spacial score (nSPS) is 15.0. The number of aliphatic hydroxyl groups is 2. The van der Waals surface area contributed by atoms with Crippen LogP contribution in [0.25, 0.3) is 0 Å². The summed E-state index contributed by atoms with van der Waals surface area (Å²) in [7, 11) is 0. The zero-order chi connectivity index (χ0) is 11.4. The Morgan fingerprint density at radius 1 is 1.40 bits per heavy atom. The van der Waals surface area contributed by atoms with Crippen molar-refractivity contribution in [3.8, 4) is 0 Å². The smallest absolute Gasteiger partial charge is 0.106 e. The Kier molecular flexibility index (Phi) is 5.06. The van der Waals surface area contributed by atoms with Crippen molar-refractivity contribution in [3.05, 3.63) is 33.8 Å². The van der Waals surface area contributed by atoms with Gasteiger partial charge in [0.1, 0.15) is 6.10 Å². The van der Waals surface area contributed by atoms with E-state index in [9.17, 15) is 10.2 Å². The monoisotopic (exact) mass is 292 g/mol.